The van der Waals surface area contributed by atoms with E-state index in [0.717, 1.165) is 16.8 Å². The number of halogens is 1. The highest BCUT2D eigenvalue weighted by molar-refractivity contribution is 9.09. The quantitative estimate of drug-likeness (QED) is 0.296. The number of aryl methyl sites for hydroxylation is 2. The normalized spacial score (nSPS) is 31.9. The molecular formula is C26H33BrN2O5S. The van der Waals surface area contributed by atoms with Crippen molar-refractivity contribution in [2.75, 3.05) is 24.7 Å². The Hall–Kier alpha value is -1.84. The number of likely N-dealkylation sites (tertiary alicyclic amines) is 1. The van der Waals surface area contributed by atoms with Crippen molar-refractivity contribution in [3.63, 3.8) is 0 Å². The summed E-state index contributed by atoms with van der Waals surface area (Å²) < 4.78 is 4.59. The van der Waals surface area contributed by atoms with Crippen molar-refractivity contribution in [2.45, 2.75) is 61.0 Å². The molecule has 0 saturated carbocycles. The Kier molecular flexibility index (Phi) is 7.42. The van der Waals surface area contributed by atoms with Gasteiger partial charge < -0.3 is 19.6 Å². The van der Waals surface area contributed by atoms with Crippen LogP contribution in [0, 0.1) is 25.7 Å². The number of anilines is 1. The molecule has 2 amide bonds. The molecule has 1 aromatic rings. The van der Waals surface area contributed by atoms with Gasteiger partial charge in [-0.3, -0.25) is 14.4 Å². The van der Waals surface area contributed by atoms with E-state index < -0.39 is 34.6 Å². The highest BCUT2D eigenvalue weighted by Crippen LogP contribution is 2.68. The van der Waals surface area contributed by atoms with Crippen LogP contribution in [0.4, 0.5) is 5.69 Å². The lowest BCUT2D eigenvalue weighted by molar-refractivity contribution is -0.154. The van der Waals surface area contributed by atoms with Crippen LogP contribution in [0.5, 0.6) is 0 Å². The Morgan fingerprint density at radius 2 is 2.06 bits per heavy atom. The molecule has 3 aliphatic heterocycles. The predicted octanol–water partition coefficient (Wildman–Crippen LogP) is 3.23. The van der Waals surface area contributed by atoms with Crippen LogP contribution in [-0.2, 0) is 19.1 Å². The first kappa shape index (κ1) is 26.2. The van der Waals surface area contributed by atoms with Crippen LogP contribution >= 0.6 is 27.7 Å². The number of thioether (sulfide) groups is 1. The van der Waals surface area contributed by atoms with Crippen LogP contribution in [-0.4, -0.2) is 74.5 Å². The van der Waals surface area contributed by atoms with Gasteiger partial charge in [0.15, 0.2) is 0 Å². The molecule has 0 aliphatic carbocycles. The average molecular weight is 566 g/mol. The van der Waals surface area contributed by atoms with Gasteiger partial charge in [0.1, 0.15) is 6.04 Å². The van der Waals surface area contributed by atoms with Gasteiger partial charge in [-0.25, -0.2) is 0 Å². The number of carbonyl (C=O) groups is 3. The zero-order valence-corrected chi connectivity index (χ0v) is 23.0. The number of rotatable bonds is 8. The fourth-order valence-electron chi connectivity index (χ4n) is 6.22. The van der Waals surface area contributed by atoms with E-state index in [4.69, 9.17) is 4.74 Å². The van der Waals surface area contributed by atoms with E-state index in [0.29, 0.717) is 6.42 Å². The molecule has 3 aliphatic rings. The van der Waals surface area contributed by atoms with Crippen molar-refractivity contribution in [3.05, 3.63) is 42.0 Å². The molecule has 3 unspecified atom stereocenters. The van der Waals surface area contributed by atoms with Crippen molar-refractivity contribution in [1.29, 1.82) is 0 Å². The Morgan fingerprint density at radius 3 is 2.63 bits per heavy atom. The van der Waals surface area contributed by atoms with Gasteiger partial charge in [0.25, 0.3) is 5.91 Å². The van der Waals surface area contributed by atoms with Gasteiger partial charge in [-0.2, -0.15) is 0 Å². The lowest BCUT2D eigenvalue weighted by Crippen LogP contribution is -2.57. The minimum Gasteiger partial charge on any atom is -0.466 e. The van der Waals surface area contributed by atoms with Crippen LogP contribution in [0.15, 0.2) is 30.9 Å². The summed E-state index contributed by atoms with van der Waals surface area (Å²) in [5.41, 5.74) is 2.70. The van der Waals surface area contributed by atoms with Crippen LogP contribution < -0.4 is 4.90 Å². The second kappa shape index (κ2) is 9.90. The van der Waals surface area contributed by atoms with Crippen LogP contribution in [0.1, 0.15) is 31.4 Å². The zero-order valence-electron chi connectivity index (χ0n) is 20.6. The molecule has 0 radical (unpaired) electrons. The number of aliphatic hydroxyl groups is 1. The predicted molar refractivity (Wildman–Crippen MR) is 141 cm³/mol. The van der Waals surface area contributed by atoms with Crippen LogP contribution in [0.2, 0.25) is 0 Å². The largest absolute Gasteiger partial charge is 0.466 e. The Balaban J connectivity index is 1.86. The number of nitrogens with zero attached hydrogens (tertiary/aromatic N) is 2. The number of aliphatic hydroxyl groups excluding tert-OH is 1. The van der Waals surface area contributed by atoms with E-state index in [2.05, 4.69) is 22.5 Å². The van der Waals surface area contributed by atoms with Gasteiger partial charge in [-0.1, -0.05) is 40.2 Å². The summed E-state index contributed by atoms with van der Waals surface area (Å²) in [6.07, 6.45) is 2.26. The summed E-state index contributed by atoms with van der Waals surface area (Å²) in [6.45, 7) is 11.5. The summed E-state index contributed by atoms with van der Waals surface area (Å²) in [7, 11) is 0. The van der Waals surface area contributed by atoms with E-state index in [9.17, 15) is 19.5 Å². The van der Waals surface area contributed by atoms with Crippen molar-refractivity contribution in [1.82, 2.24) is 4.90 Å². The minimum absolute atomic E-state index is 0.0290. The fourth-order valence-corrected chi connectivity index (χ4v) is 9.80. The fraction of sp³-hybridized carbons (Fsp3) is 0.577. The van der Waals surface area contributed by atoms with E-state index in [-0.39, 0.29) is 41.6 Å². The number of para-hydroxylation sites is 1. The Labute approximate surface area is 219 Å². The molecule has 190 valence electrons. The van der Waals surface area contributed by atoms with Gasteiger partial charge in [0.2, 0.25) is 5.91 Å². The number of benzene rings is 1. The first-order valence-electron chi connectivity index (χ1n) is 12.0. The molecule has 2 bridgehead atoms. The maximum absolute atomic E-state index is 14.5. The monoisotopic (exact) mass is 564 g/mol. The molecule has 3 fully saturated rings. The Morgan fingerprint density at radius 1 is 1.40 bits per heavy atom. The van der Waals surface area contributed by atoms with Crippen molar-refractivity contribution < 1.29 is 24.2 Å². The van der Waals surface area contributed by atoms with Gasteiger partial charge in [0.05, 0.1) is 35.8 Å². The van der Waals surface area contributed by atoms with Crippen molar-refractivity contribution >= 4 is 51.2 Å². The number of fused-ring (bicyclic) bond motifs is 1. The lowest BCUT2D eigenvalue weighted by atomic mass is 9.71. The van der Waals surface area contributed by atoms with Gasteiger partial charge in [-0.05, 0) is 45.2 Å². The van der Waals surface area contributed by atoms with Gasteiger partial charge in [-0.15, -0.1) is 18.3 Å². The average Bonchev–Trinajstić information content (AvgIpc) is 3.41. The summed E-state index contributed by atoms with van der Waals surface area (Å²) >= 11 is 5.31. The number of carbonyl (C=O) groups excluding carboxylic acids is 3. The SMILES string of the molecule is C=CCN(C(=O)C1N([C@H](C)CO)C(=O)[C@@H]2[C@@H](C(=O)OCC)[C@@H]3SC12CC3Br)c1c(C)cccc1C. The standard InChI is InChI=1S/C26H33BrN2O5S/c1-6-11-28(20-14(3)9-8-10-15(20)4)24(32)22-26-12-17(27)21(35-26)18(25(33)34-7-2)19(26)23(31)29(22)16(5)13-30/h6,8-10,16-19,21-22,30H,1,7,11-13H2,2-5H3/t16-,17?,18-,19+,21-,22?,26?/m1/s1. The van der Waals surface area contributed by atoms with E-state index in [1.165, 1.54) is 4.90 Å². The molecule has 3 heterocycles. The number of amides is 2. The molecule has 1 aromatic carbocycles. The second-order valence-electron chi connectivity index (χ2n) is 9.67. The number of ether oxygens (including phenoxy) is 1. The number of hydrogen-bond acceptors (Lipinski definition) is 6. The third-order valence-electron chi connectivity index (χ3n) is 7.55. The number of alkyl halides is 1. The summed E-state index contributed by atoms with van der Waals surface area (Å²) in [6, 6.07) is 4.47. The smallest absolute Gasteiger partial charge is 0.310 e. The first-order valence-corrected chi connectivity index (χ1v) is 13.8. The zero-order chi connectivity index (χ0) is 25.7. The third kappa shape index (κ3) is 3.94. The molecule has 1 spiro atoms. The highest BCUT2D eigenvalue weighted by atomic mass is 79.9. The van der Waals surface area contributed by atoms with Crippen molar-refractivity contribution in [3.8, 4) is 0 Å². The van der Waals surface area contributed by atoms with Crippen molar-refractivity contribution in [2.24, 2.45) is 11.8 Å². The molecule has 9 heteroatoms. The molecule has 0 aromatic heterocycles. The van der Waals surface area contributed by atoms with Gasteiger partial charge >= 0.3 is 5.97 Å². The molecule has 3 saturated heterocycles. The lowest BCUT2D eigenvalue weighted by Gasteiger charge is -2.39. The molecule has 4 rings (SSSR count). The maximum Gasteiger partial charge on any atom is 0.310 e. The molecule has 7 atom stereocenters. The summed E-state index contributed by atoms with van der Waals surface area (Å²) in [5.74, 6) is -2.16. The molecule has 1 N–H and O–H groups in total. The number of esters is 1. The van der Waals surface area contributed by atoms with Crippen LogP contribution in [0.25, 0.3) is 0 Å². The van der Waals surface area contributed by atoms with E-state index >= 15 is 0 Å². The molecule has 35 heavy (non-hydrogen) atoms. The third-order valence-corrected chi connectivity index (χ3v) is 10.8. The van der Waals surface area contributed by atoms with Gasteiger partial charge in [0, 0.05) is 22.3 Å². The van der Waals surface area contributed by atoms with Crippen LogP contribution in [0.3, 0.4) is 0 Å². The summed E-state index contributed by atoms with van der Waals surface area (Å²) in [4.78, 5) is 44.7. The topological polar surface area (TPSA) is 87.2 Å². The summed E-state index contributed by atoms with van der Waals surface area (Å²) in [5, 5.41) is 9.90. The first-order chi connectivity index (χ1) is 16.6. The molecule has 7 nitrogen and oxygen atoms in total. The maximum atomic E-state index is 14.5. The molecular weight excluding hydrogens is 532 g/mol. The Bertz CT molecular complexity index is 1030. The minimum atomic E-state index is -0.824. The number of hydrogen-bond donors (Lipinski definition) is 1. The highest BCUT2D eigenvalue weighted by Gasteiger charge is 2.76. The van der Waals surface area contributed by atoms with E-state index in [1.54, 1.807) is 36.6 Å². The second-order valence-corrected chi connectivity index (χ2v) is 12.4. The van der Waals surface area contributed by atoms with E-state index in [1.807, 2.05) is 32.0 Å².